The Morgan fingerprint density at radius 2 is 1.20 bits per heavy atom. The van der Waals surface area contributed by atoms with Crippen LogP contribution >= 0.6 is 0 Å². The number of aryl methyl sites for hydroxylation is 2. The second kappa shape index (κ2) is 5.97. The summed E-state index contributed by atoms with van der Waals surface area (Å²) in [5, 5.41) is 10.5. The van der Waals surface area contributed by atoms with E-state index in [-0.39, 0.29) is 0 Å². The third-order valence-corrected chi connectivity index (χ3v) is 3.47. The molecular formula is C17H20O3. The molecule has 0 aliphatic carbocycles. The summed E-state index contributed by atoms with van der Waals surface area (Å²) in [6.45, 7) is 3.93. The lowest BCUT2D eigenvalue weighted by Crippen LogP contribution is -2.01. The zero-order chi connectivity index (χ0) is 14.7. The summed E-state index contributed by atoms with van der Waals surface area (Å²) in [5.41, 5.74) is 3.73. The second-order valence-corrected chi connectivity index (χ2v) is 4.86. The summed E-state index contributed by atoms with van der Waals surface area (Å²) < 4.78 is 10.5. The van der Waals surface area contributed by atoms with Crippen LogP contribution in [0.3, 0.4) is 0 Å². The maximum absolute atomic E-state index is 10.5. The van der Waals surface area contributed by atoms with E-state index in [1.165, 1.54) is 0 Å². The number of aliphatic hydroxyl groups is 1. The molecule has 0 aliphatic rings. The zero-order valence-corrected chi connectivity index (χ0v) is 12.3. The number of hydrogen-bond donors (Lipinski definition) is 1. The van der Waals surface area contributed by atoms with Crippen molar-refractivity contribution in [3.63, 3.8) is 0 Å². The van der Waals surface area contributed by atoms with Gasteiger partial charge in [0.25, 0.3) is 0 Å². The Morgan fingerprint density at radius 3 is 1.50 bits per heavy atom. The standard InChI is InChI=1S/C17H20O3/c1-11-9-13(5-7-15(11)19-3)17(18)14-6-8-16(20-4)12(2)10-14/h5-10,17-18H,1-4H3. The van der Waals surface area contributed by atoms with Crippen LogP contribution in [0.1, 0.15) is 28.4 Å². The average molecular weight is 272 g/mol. The van der Waals surface area contributed by atoms with Crippen LogP contribution in [-0.2, 0) is 0 Å². The highest BCUT2D eigenvalue weighted by molar-refractivity contribution is 5.43. The molecule has 0 unspecified atom stereocenters. The van der Waals surface area contributed by atoms with Gasteiger partial charge in [-0.3, -0.25) is 0 Å². The Kier molecular flexibility index (Phi) is 4.30. The summed E-state index contributed by atoms with van der Waals surface area (Å²) >= 11 is 0. The first-order valence-electron chi connectivity index (χ1n) is 6.54. The lowest BCUT2D eigenvalue weighted by Gasteiger charge is -2.15. The fourth-order valence-corrected chi connectivity index (χ4v) is 2.34. The fraction of sp³-hybridized carbons (Fsp3) is 0.294. The van der Waals surface area contributed by atoms with Crippen molar-refractivity contribution in [3.8, 4) is 11.5 Å². The summed E-state index contributed by atoms with van der Waals surface area (Å²) in [5.74, 6) is 1.65. The van der Waals surface area contributed by atoms with E-state index in [2.05, 4.69) is 0 Å². The van der Waals surface area contributed by atoms with Gasteiger partial charge in [-0.15, -0.1) is 0 Å². The smallest absolute Gasteiger partial charge is 0.121 e. The van der Waals surface area contributed by atoms with Crippen molar-refractivity contribution in [1.82, 2.24) is 0 Å². The third kappa shape index (κ3) is 2.78. The Balaban J connectivity index is 2.33. The second-order valence-electron chi connectivity index (χ2n) is 4.86. The van der Waals surface area contributed by atoms with Crippen LogP contribution in [0.25, 0.3) is 0 Å². The molecule has 0 heterocycles. The average Bonchev–Trinajstić information content (AvgIpc) is 2.46. The highest BCUT2D eigenvalue weighted by atomic mass is 16.5. The van der Waals surface area contributed by atoms with E-state index in [4.69, 9.17) is 9.47 Å². The number of benzene rings is 2. The molecule has 1 N–H and O–H groups in total. The third-order valence-electron chi connectivity index (χ3n) is 3.47. The van der Waals surface area contributed by atoms with Gasteiger partial charge in [-0.25, -0.2) is 0 Å². The first-order chi connectivity index (χ1) is 9.56. The minimum absolute atomic E-state index is 0.649. The van der Waals surface area contributed by atoms with Gasteiger partial charge in [0, 0.05) is 0 Å². The van der Waals surface area contributed by atoms with Crippen LogP contribution in [0, 0.1) is 13.8 Å². The fourth-order valence-electron chi connectivity index (χ4n) is 2.34. The van der Waals surface area contributed by atoms with E-state index in [1.807, 2.05) is 50.2 Å². The number of hydrogen-bond acceptors (Lipinski definition) is 3. The molecule has 3 nitrogen and oxygen atoms in total. The van der Waals surface area contributed by atoms with Crippen molar-refractivity contribution < 1.29 is 14.6 Å². The molecule has 106 valence electrons. The molecule has 0 saturated carbocycles. The molecule has 2 rings (SSSR count). The van der Waals surface area contributed by atoms with Crippen LogP contribution in [0.15, 0.2) is 36.4 Å². The molecular weight excluding hydrogens is 252 g/mol. The van der Waals surface area contributed by atoms with Crippen molar-refractivity contribution in [3.05, 3.63) is 58.7 Å². The van der Waals surface area contributed by atoms with E-state index in [0.29, 0.717) is 0 Å². The van der Waals surface area contributed by atoms with Gasteiger partial charge in [0.2, 0.25) is 0 Å². The minimum atomic E-state index is -0.649. The van der Waals surface area contributed by atoms with Crippen LogP contribution in [0.5, 0.6) is 11.5 Å². The lowest BCUT2D eigenvalue weighted by molar-refractivity contribution is 0.220. The number of rotatable bonds is 4. The normalized spacial score (nSPS) is 10.7. The van der Waals surface area contributed by atoms with Crippen LogP contribution in [0.2, 0.25) is 0 Å². The first-order valence-corrected chi connectivity index (χ1v) is 6.54. The van der Waals surface area contributed by atoms with E-state index in [1.54, 1.807) is 14.2 Å². The molecule has 0 spiro atoms. The van der Waals surface area contributed by atoms with Crippen LogP contribution < -0.4 is 9.47 Å². The summed E-state index contributed by atoms with van der Waals surface area (Å²) in [4.78, 5) is 0. The molecule has 3 heteroatoms. The van der Waals surface area contributed by atoms with Gasteiger partial charge < -0.3 is 14.6 Å². The van der Waals surface area contributed by atoms with Crippen molar-refractivity contribution in [1.29, 1.82) is 0 Å². The van der Waals surface area contributed by atoms with Gasteiger partial charge in [0.05, 0.1) is 14.2 Å². The molecule has 0 atom stereocenters. The molecule has 0 aliphatic heterocycles. The molecule has 2 aromatic rings. The highest BCUT2D eigenvalue weighted by Gasteiger charge is 2.13. The van der Waals surface area contributed by atoms with Gasteiger partial charge in [-0.05, 0) is 60.4 Å². The Labute approximate surface area is 119 Å². The molecule has 0 amide bonds. The van der Waals surface area contributed by atoms with Crippen molar-refractivity contribution in [2.75, 3.05) is 14.2 Å². The van der Waals surface area contributed by atoms with Gasteiger partial charge in [0.1, 0.15) is 17.6 Å². The van der Waals surface area contributed by atoms with Gasteiger partial charge >= 0.3 is 0 Å². The monoisotopic (exact) mass is 272 g/mol. The van der Waals surface area contributed by atoms with Gasteiger partial charge in [0.15, 0.2) is 0 Å². The predicted molar refractivity (Wildman–Crippen MR) is 79.5 cm³/mol. The van der Waals surface area contributed by atoms with Crippen LogP contribution in [-0.4, -0.2) is 19.3 Å². The highest BCUT2D eigenvalue weighted by Crippen LogP contribution is 2.29. The summed E-state index contributed by atoms with van der Waals surface area (Å²) in [7, 11) is 3.29. The van der Waals surface area contributed by atoms with E-state index >= 15 is 0 Å². The molecule has 0 saturated heterocycles. The topological polar surface area (TPSA) is 38.7 Å². The molecule has 0 fully saturated rings. The van der Waals surface area contributed by atoms with E-state index in [0.717, 1.165) is 33.8 Å². The Morgan fingerprint density at radius 1 is 0.800 bits per heavy atom. The summed E-state index contributed by atoms with van der Waals surface area (Å²) in [6, 6.07) is 11.4. The SMILES string of the molecule is COc1ccc(C(O)c2ccc(OC)c(C)c2)cc1C. The molecule has 0 aromatic heterocycles. The van der Waals surface area contributed by atoms with Crippen molar-refractivity contribution in [2.45, 2.75) is 20.0 Å². The Bertz CT molecular complexity index is 552. The maximum atomic E-state index is 10.5. The predicted octanol–water partition coefficient (Wildman–Crippen LogP) is 3.40. The Hall–Kier alpha value is -2.00. The largest absolute Gasteiger partial charge is 0.496 e. The summed E-state index contributed by atoms with van der Waals surface area (Å²) in [6.07, 6.45) is -0.649. The molecule has 0 radical (unpaired) electrons. The molecule has 0 bridgehead atoms. The van der Waals surface area contributed by atoms with Gasteiger partial charge in [-0.1, -0.05) is 12.1 Å². The van der Waals surface area contributed by atoms with Crippen molar-refractivity contribution >= 4 is 0 Å². The minimum Gasteiger partial charge on any atom is -0.496 e. The number of aliphatic hydroxyl groups excluding tert-OH is 1. The van der Waals surface area contributed by atoms with Gasteiger partial charge in [-0.2, -0.15) is 0 Å². The quantitative estimate of drug-likeness (QED) is 0.927. The van der Waals surface area contributed by atoms with E-state index < -0.39 is 6.10 Å². The van der Waals surface area contributed by atoms with Crippen molar-refractivity contribution in [2.24, 2.45) is 0 Å². The maximum Gasteiger partial charge on any atom is 0.121 e. The molecule has 20 heavy (non-hydrogen) atoms. The number of methoxy groups -OCH3 is 2. The lowest BCUT2D eigenvalue weighted by atomic mass is 9.98. The molecule has 2 aromatic carbocycles. The number of ether oxygens (including phenoxy) is 2. The van der Waals surface area contributed by atoms with Crippen LogP contribution in [0.4, 0.5) is 0 Å². The first kappa shape index (κ1) is 14.4. The zero-order valence-electron chi connectivity index (χ0n) is 12.3. The van der Waals surface area contributed by atoms with E-state index in [9.17, 15) is 5.11 Å².